The lowest BCUT2D eigenvalue weighted by molar-refractivity contribution is -0.121. The molecule has 2 unspecified atom stereocenters. The Morgan fingerprint density at radius 2 is 1.81 bits per heavy atom. The van der Waals surface area contributed by atoms with Crippen molar-refractivity contribution in [1.82, 2.24) is 9.21 Å². The van der Waals surface area contributed by atoms with E-state index in [0.717, 1.165) is 5.56 Å². The van der Waals surface area contributed by atoms with Gasteiger partial charge >= 0.3 is 0 Å². The molecule has 1 aliphatic rings. The van der Waals surface area contributed by atoms with Crippen LogP contribution in [-0.4, -0.2) is 68.5 Å². The van der Waals surface area contributed by atoms with Gasteiger partial charge in [-0.2, -0.15) is 4.31 Å². The molecule has 0 aliphatic carbocycles. The van der Waals surface area contributed by atoms with E-state index in [-0.39, 0.29) is 29.6 Å². The zero-order chi connectivity index (χ0) is 20.2. The molecular formula is C19H31N3O4S. The maximum absolute atomic E-state index is 12.7. The first-order chi connectivity index (χ1) is 12.7. The van der Waals surface area contributed by atoms with Crippen LogP contribution in [0, 0.1) is 6.92 Å². The third kappa shape index (κ3) is 5.51. The summed E-state index contributed by atoms with van der Waals surface area (Å²) < 4.78 is 32.5. The van der Waals surface area contributed by atoms with Crippen LogP contribution in [0.25, 0.3) is 0 Å². The minimum absolute atomic E-state index is 0.0887. The number of carbonyl (C=O) groups is 1. The Bertz CT molecular complexity index is 752. The number of nitrogens with zero attached hydrogens (tertiary/aromatic N) is 2. The van der Waals surface area contributed by atoms with Gasteiger partial charge in [0.05, 0.1) is 23.6 Å². The number of rotatable bonds is 7. The lowest BCUT2D eigenvalue weighted by Crippen LogP contribution is -2.48. The molecule has 1 heterocycles. The second kappa shape index (κ2) is 9.14. The molecule has 1 saturated heterocycles. The van der Waals surface area contributed by atoms with E-state index in [1.165, 1.54) is 4.31 Å². The van der Waals surface area contributed by atoms with Crippen molar-refractivity contribution in [3.63, 3.8) is 0 Å². The van der Waals surface area contributed by atoms with E-state index in [0.29, 0.717) is 31.9 Å². The highest BCUT2D eigenvalue weighted by atomic mass is 32.2. The molecule has 0 aromatic heterocycles. The summed E-state index contributed by atoms with van der Waals surface area (Å²) in [5.41, 5.74) is 1.35. The predicted molar refractivity (Wildman–Crippen MR) is 106 cm³/mol. The Balaban J connectivity index is 2.13. The molecule has 1 aliphatic heterocycles. The summed E-state index contributed by atoms with van der Waals surface area (Å²) in [7, 11) is -3.56. The number of aryl methyl sites for hydroxylation is 1. The van der Waals surface area contributed by atoms with Crippen molar-refractivity contribution >= 4 is 21.6 Å². The number of morpholine rings is 1. The molecule has 8 heteroatoms. The highest BCUT2D eigenvalue weighted by Crippen LogP contribution is 2.23. The van der Waals surface area contributed by atoms with Crippen LogP contribution in [0.2, 0.25) is 0 Å². The summed E-state index contributed by atoms with van der Waals surface area (Å²) in [5.74, 6) is -0.156. The van der Waals surface area contributed by atoms with Crippen molar-refractivity contribution in [3.8, 4) is 0 Å². The molecule has 2 rings (SSSR count). The molecule has 2 atom stereocenters. The van der Waals surface area contributed by atoms with Gasteiger partial charge in [-0.1, -0.05) is 19.9 Å². The van der Waals surface area contributed by atoms with Gasteiger partial charge in [0.1, 0.15) is 0 Å². The van der Waals surface area contributed by atoms with Crippen LogP contribution in [0.3, 0.4) is 0 Å². The highest BCUT2D eigenvalue weighted by Gasteiger charge is 2.25. The average molecular weight is 398 g/mol. The van der Waals surface area contributed by atoms with Gasteiger partial charge in [-0.25, -0.2) is 8.42 Å². The third-order valence-electron chi connectivity index (χ3n) is 4.69. The number of ether oxygens (including phenoxy) is 1. The molecule has 1 N–H and O–H groups in total. The van der Waals surface area contributed by atoms with Crippen molar-refractivity contribution in [1.29, 1.82) is 0 Å². The molecule has 0 spiro atoms. The summed E-state index contributed by atoms with van der Waals surface area (Å²) in [6.07, 6.45) is 0.177. The van der Waals surface area contributed by atoms with Crippen LogP contribution in [0.15, 0.2) is 23.1 Å². The fourth-order valence-corrected chi connectivity index (χ4v) is 4.90. The van der Waals surface area contributed by atoms with Gasteiger partial charge < -0.3 is 10.1 Å². The monoisotopic (exact) mass is 397 g/mol. The van der Waals surface area contributed by atoms with Crippen LogP contribution in [0.5, 0.6) is 0 Å². The van der Waals surface area contributed by atoms with Gasteiger partial charge in [0.15, 0.2) is 0 Å². The average Bonchev–Trinajstić information content (AvgIpc) is 2.56. The summed E-state index contributed by atoms with van der Waals surface area (Å²) >= 11 is 0. The van der Waals surface area contributed by atoms with Crippen molar-refractivity contribution in [2.75, 3.05) is 38.0 Å². The van der Waals surface area contributed by atoms with Gasteiger partial charge in [0, 0.05) is 31.9 Å². The lowest BCUT2D eigenvalue weighted by atomic mass is 10.2. The Morgan fingerprint density at radius 1 is 1.22 bits per heavy atom. The normalized spacial score (nSPS) is 21.4. The van der Waals surface area contributed by atoms with Gasteiger partial charge in [0.2, 0.25) is 15.9 Å². The molecule has 1 fully saturated rings. The number of amides is 1. The van der Waals surface area contributed by atoms with Crippen molar-refractivity contribution < 1.29 is 17.9 Å². The van der Waals surface area contributed by atoms with E-state index in [9.17, 15) is 13.2 Å². The van der Waals surface area contributed by atoms with E-state index in [1.807, 2.05) is 34.6 Å². The number of carbonyl (C=O) groups excluding carboxylic acids is 1. The molecule has 1 aromatic rings. The van der Waals surface area contributed by atoms with E-state index < -0.39 is 10.0 Å². The van der Waals surface area contributed by atoms with E-state index in [2.05, 4.69) is 10.2 Å². The Morgan fingerprint density at radius 3 is 2.37 bits per heavy atom. The minimum Gasteiger partial charge on any atom is -0.373 e. The molecule has 0 radical (unpaired) electrons. The van der Waals surface area contributed by atoms with Crippen LogP contribution in [0.1, 0.15) is 33.3 Å². The van der Waals surface area contributed by atoms with Gasteiger partial charge in [-0.3, -0.25) is 9.69 Å². The zero-order valence-corrected chi connectivity index (χ0v) is 17.7. The van der Waals surface area contributed by atoms with Gasteiger partial charge in [-0.15, -0.1) is 0 Å². The van der Waals surface area contributed by atoms with E-state index >= 15 is 0 Å². The Kier molecular flexibility index (Phi) is 7.39. The lowest BCUT2D eigenvalue weighted by Gasteiger charge is -2.34. The van der Waals surface area contributed by atoms with Crippen LogP contribution < -0.4 is 5.32 Å². The molecule has 0 bridgehead atoms. The van der Waals surface area contributed by atoms with Crippen LogP contribution in [-0.2, 0) is 19.6 Å². The fourth-order valence-electron chi connectivity index (χ4n) is 3.42. The summed E-state index contributed by atoms with van der Waals surface area (Å²) in [5, 5.41) is 2.87. The van der Waals surface area contributed by atoms with Crippen molar-refractivity contribution in [2.45, 2.75) is 51.7 Å². The minimum atomic E-state index is -3.56. The Labute approximate surface area is 162 Å². The van der Waals surface area contributed by atoms with Crippen molar-refractivity contribution in [3.05, 3.63) is 23.8 Å². The molecule has 0 saturated carbocycles. The van der Waals surface area contributed by atoms with Gasteiger partial charge in [-0.05, 0) is 38.5 Å². The first-order valence-corrected chi connectivity index (χ1v) is 10.9. The molecule has 1 aromatic carbocycles. The first-order valence-electron chi connectivity index (χ1n) is 9.45. The number of hydrogen-bond donors (Lipinski definition) is 1. The third-order valence-corrected chi connectivity index (χ3v) is 6.73. The first kappa shape index (κ1) is 21.8. The highest BCUT2D eigenvalue weighted by molar-refractivity contribution is 7.89. The largest absolute Gasteiger partial charge is 0.373 e. The zero-order valence-electron chi connectivity index (χ0n) is 16.9. The quantitative estimate of drug-likeness (QED) is 0.762. The second-order valence-electron chi connectivity index (χ2n) is 7.07. The maximum Gasteiger partial charge on any atom is 0.243 e. The second-order valence-corrected chi connectivity index (χ2v) is 9.00. The summed E-state index contributed by atoms with van der Waals surface area (Å²) in [6, 6.07) is 4.86. The molecule has 27 heavy (non-hydrogen) atoms. The number of anilines is 1. The maximum atomic E-state index is 12.7. The summed E-state index contributed by atoms with van der Waals surface area (Å²) in [4.78, 5) is 14.8. The van der Waals surface area contributed by atoms with E-state index in [4.69, 9.17) is 4.74 Å². The molecule has 152 valence electrons. The molecule has 7 nitrogen and oxygen atoms in total. The van der Waals surface area contributed by atoms with Gasteiger partial charge in [0.25, 0.3) is 0 Å². The standard InChI is InChI=1S/C19H31N3O4S/c1-6-22(7-2)27(24,25)17-9-8-14(3)18(10-17)20-19(23)13-21-11-15(4)26-16(5)12-21/h8-10,15-16H,6-7,11-13H2,1-5H3,(H,20,23). The van der Waals surface area contributed by atoms with Crippen molar-refractivity contribution in [2.24, 2.45) is 0 Å². The van der Waals surface area contributed by atoms with Crippen LogP contribution >= 0.6 is 0 Å². The smallest absolute Gasteiger partial charge is 0.243 e. The number of nitrogens with one attached hydrogen (secondary N) is 1. The fraction of sp³-hybridized carbons (Fsp3) is 0.632. The van der Waals surface area contributed by atoms with E-state index in [1.54, 1.807) is 18.2 Å². The molecule has 1 amide bonds. The topological polar surface area (TPSA) is 79.0 Å². The number of benzene rings is 1. The number of sulfonamides is 1. The SMILES string of the molecule is CCN(CC)S(=O)(=O)c1ccc(C)c(NC(=O)CN2CC(C)OC(C)C2)c1. The Hall–Kier alpha value is -1.48. The molecular weight excluding hydrogens is 366 g/mol. The summed E-state index contributed by atoms with van der Waals surface area (Å²) in [6.45, 7) is 11.9. The predicted octanol–water partition coefficient (Wildman–Crippen LogP) is 2.07. The van der Waals surface area contributed by atoms with Crippen LogP contribution in [0.4, 0.5) is 5.69 Å². The number of hydrogen-bond acceptors (Lipinski definition) is 5.